The molecule has 0 unspecified atom stereocenters. The molecule has 5 nitrogen and oxygen atoms in total. The van der Waals surface area contributed by atoms with Crippen LogP contribution in [0.1, 0.15) is 31.2 Å². The van der Waals surface area contributed by atoms with Crippen molar-refractivity contribution in [3.8, 4) is 0 Å². The van der Waals surface area contributed by atoms with Crippen molar-refractivity contribution in [3.63, 3.8) is 0 Å². The second-order valence-electron chi connectivity index (χ2n) is 5.07. The van der Waals surface area contributed by atoms with Gasteiger partial charge in [-0.05, 0) is 25.0 Å². The highest BCUT2D eigenvalue weighted by molar-refractivity contribution is 9.10. The zero-order valence-electron chi connectivity index (χ0n) is 10.6. The molecule has 0 aliphatic heterocycles. The molecular formula is C13H17BrN2O3. The Balaban J connectivity index is 1.98. The molecule has 0 saturated heterocycles. The van der Waals surface area contributed by atoms with Crippen molar-refractivity contribution in [2.45, 2.75) is 37.8 Å². The van der Waals surface area contributed by atoms with Crippen molar-refractivity contribution in [1.29, 1.82) is 0 Å². The van der Waals surface area contributed by atoms with Gasteiger partial charge in [-0.1, -0.05) is 28.8 Å². The van der Waals surface area contributed by atoms with Crippen LogP contribution >= 0.6 is 15.9 Å². The van der Waals surface area contributed by atoms with Crippen LogP contribution in [-0.2, 0) is 6.54 Å². The summed E-state index contributed by atoms with van der Waals surface area (Å²) in [6.45, 7) is 0.870. The molecule has 0 bridgehead atoms. The summed E-state index contributed by atoms with van der Waals surface area (Å²) in [5, 5.41) is 24.3. The number of hydrogen-bond acceptors (Lipinski definition) is 4. The quantitative estimate of drug-likeness (QED) is 0.643. The van der Waals surface area contributed by atoms with Gasteiger partial charge >= 0.3 is 0 Å². The minimum Gasteiger partial charge on any atom is -0.389 e. The highest BCUT2D eigenvalue weighted by atomic mass is 79.9. The normalized spacial score (nSPS) is 17.6. The first-order valence-corrected chi connectivity index (χ1v) is 7.15. The first-order chi connectivity index (χ1) is 9.00. The Morgan fingerprint density at radius 1 is 1.42 bits per heavy atom. The van der Waals surface area contributed by atoms with Gasteiger partial charge in [-0.15, -0.1) is 0 Å². The molecule has 1 fully saturated rings. The molecular weight excluding hydrogens is 312 g/mol. The standard InChI is InChI=1S/C13H17BrN2O3/c14-11-3-4-12(16(18)19)10(7-11)8-15-9-13(17)5-1-2-6-13/h3-4,7,15,17H,1-2,5-6,8-9H2. The molecule has 1 saturated carbocycles. The van der Waals surface area contributed by atoms with E-state index in [1.165, 1.54) is 6.07 Å². The predicted molar refractivity (Wildman–Crippen MR) is 75.9 cm³/mol. The maximum atomic E-state index is 10.9. The number of nitro benzene ring substituents is 1. The summed E-state index contributed by atoms with van der Waals surface area (Å²) < 4.78 is 0.814. The van der Waals surface area contributed by atoms with Crippen LogP contribution in [0.5, 0.6) is 0 Å². The van der Waals surface area contributed by atoms with Crippen LogP contribution in [0.2, 0.25) is 0 Å². The van der Waals surface area contributed by atoms with E-state index in [9.17, 15) is 15.2 Å². The van der Waals surface area contributed by atoms with E-state index in [1.54, 1.807) is 12.1 Å². The second-order valence-corrected chi connectivity index (χ2v) is 5.98. The molecule has 0 aromatic heterocycles. The van der Waals surface area contributed by atoms with Gasteiger partial charge in [0.05, 0.1) is 10.5 Å². The van der Waals surface area contributed by atoms with Gasteiger partial charge in [0.25, 0.3) is 5.69 Å². The second kappa shape index (κ2) is 5.98. The summed E-state index contributed by atoms with van der Waals surface area (Å²) in [4.78, 5) is 10.5. The monoisotopic (exact) mass is 328 g/mol. The number of nitrogens with one attached hydrogen (secondary N) is 1. The lowest BCUT2D eigenvalue weighted by Gasteiger charge is -2.22. The number of nitro groups is 1. The lowest BCUT2D eigenvalue weighted by Crippen LogP contribution is -2.37. The molecule has 0 radical (unpaired) electrons. The van der Waals surface area contributed by atoms with Gasteiger partial charge in [0.2, 0.25) is 0 Å². The number of aliphatic hydroxyl groups is 1. The molecule has 0 amide bonds. The van der Waals surface area contributed by atoms with Gasteiger partial charge in [-0.2, -0.15) is 0 Å². The molecule has 0 spiro atoms. The molecule has 1 aliphatic rings. The Bertz CT molecular complexity index is 473. The van der Waals surface area contributed by atoms with E-state index >= 15 is 0 Å². The van der Waals surface area contributed by atoms with Crippen LogP contribution in [-0.4, -0.2) is 22.2 Å². The van der Waals surface area contributed by atoms with Crippen molar-refractivity contribution in [2.75, 3.05) is 6.54 Å². The lowest BCUT2D eigenvalue weighted by molar-refractivity contribution is -0.385. The third-order valence-electron chi connectivity index (χ3n) is 3.54. The minimum atomic E-state index is -0.638. The number of halogens is 1. The van der Waals surface area contributed by atoms with E-state index < -0.39 is 5.60 Å². The smallest absolute Gasteiger partial charge is 0.273 e. The highest BCUT2D eigenvalue weighted by Gasteiger charge is 2.30. The van der Waals surface area contributed by atoms with Gasteiger partial charge in [-0.25, -0.2) is 0 Å². The van der Waals surface area contributed by atoms with Crippen LogP contribution < -0.4 is 5.32 Å². The zero-order valence-corrected chi connectivity index (χ0v) is 12.1. The first-order valence-electron chi connectivity index (χ1n) is 6.36. The lowest BCUT2D eigenvalue weighted by atomic mass is 10.0. The highest BCUT2D eigenvalue weighted by Crippen LogP contribution is 2.29. The van der Waals surface area contributed by atoms with Crippen molar-refractivity contribution in [3.05, 3.63) is 38.3 Å². The summed E-state index contributed by atoms with van der Waals surface area (Å²) in [6, 6.07) is 4.89. The summed E-state index contributed by atoms with van der Waals surface area (Å²) >= 11 is 3.31. The van der Waals surface area contributed by atoms with E-state index in [4.69, 9.17) is 0 Å². The third-order valence-corrected chi connectivity index (χ3v) is 4.04. The average Bonchev–Trinajstić information content (AvgIpc) is 2.76. The largest absolute Gasteiger partial charge is 0.389 e. The van der Waals surface area contributed by atoms with Crippen LogP contribution in [0.25, 0.3) is 0 Å². The minimum absolute atomic E-state index is 0.106. The van der Waals surface area contributed by atoms with Gasteiger partial charge in [-0.3, -0.25) is 10.1 Å². The van der Waals surface area contributed by atoms with E-state index in [-0.39, 0.29) is 10.6 Å². The van der Waals surface area contributed by atoms with Gasteiger partial charge in [0, 0.05) is 29.2 Å². The van der Waals surface area contributed by atoms with Crippen molar-refractivity contribution >= 4 is 21.6 Å². The molecule has 2 N–H and O–H groups in total. The predicted octanol–water partition coefficient (Wildman–Crippen LogP) is 2.75. The molecule has 6 heteroatoms. The topological polar surface area (TPSA) is 75.4 Å². The number of hydrogen-bond donors (Lipinski definition) is 2. The van der Waals surface area contributed by atoms with E-state index in [1.807, 2.05) is 0 Å². The van der Waals surface area contributed by atoms with Gasteiger partial charge < -0.3 is 10.4 Å². The van der Waals surface area contributed by atoms with E-state index in [2.05, 4.69) is 21.2 Å². The van der Waals surface area contributed by atoms with Crippen LogP contribution in [0, 0.1) is 10.1 Å². The molecule has 0 atom stereocenters. The maximum absolute atomic E-state index is 10.9. The Labute approximate surface area is 120 Å². The number of benzene rings is 1. The Kier molecular flexibility index (Phi) is 4.54. The van der Waals surface area contributed by atoms with Crippen LogP contribution in [0.4, 0.5) is 5.69 Å². The molecule has 104 valence electrons. The fraction of sp³-hybridized carbons (Fsp3) is 0.538. The SMILES string of the molecule is O=[N+]([O-])c1ccc(Br)cc1CNCC1(O)CCCC1. The van der Waals surface area contributed by atoms with Crippen molar-refractivity contribution in [2.24, 2.45) is 0 Å². The summed E-state index contributed by atoms with van der Waals surface area (Å²) in [5.41, 5.74) is 0.0935. The van der Waals surface area contributed by atoms with Crippen LogP contribution in [0.15, 0.2) is 22.7 Å². The molecule has 1 aromatic carbocycles. The zero-order chi connectivity index (χ0) is 13.9. The Morgan fingerprint density at radius 2 is 2.11 bits per heavy atom. The molecule has 2 rings (SSSR count). The summed E-state index contributed by atoms with van der Waals surface area (Å²) in [6.07, 6.45) is 3.71. The average molecular weight is 329 g/mol. The van der Waals surface area contributed by atoms with Crippen molar-refractivity contribution < 1.29 is 10.0 Å². The fourth-order valence-corrected chi connectivity index (χ4v) is 2.92. The summed E-state index contributed by atoms with van der Waals surface area (Å²) in [7, 11) is 0. The fourth-order valence-electron chi connectivity index (χ4n) is 2.51. The number of rotatable bonds is 5. The maximum Gasteiger partial charge on any atom is 0.273 e. The molecule has 0 heterocycles. The van der Waals surface area contributed by atoms with E-state index in [0.717, 1.165) is 30.2 Å². The Hall–Kier alpha value is -0.980. The third kappa shape index (κ3) is 3.75. The Morgan fingerprint density at radius 3 is 2.74 bits per heavy atom. The first kappa shape index (κ1) is 14.4. The number of nitrogens with zero attached hydrogens (tertiary/aromatic N) is 1. The molecule has 1 aliphatic carbocycles. The molecule has 19 heavy (non-hydrogen) atoms. The van der Waals surface area contributed by atoms with Crippen LogP contribution in [0.3, 0.4) is 0 Å². The summed E-state index contributed by atoms with van der Waals surface area (Å²) in [5.74, 6) is 0. The van der Waals surface area contributed by atoms with Gasteiger partial charge in [0.1, 0.15) is 0 Å². The van der Waals surface area contributed by atoms with E-state index in [0.29, 0.717) is 18.7 Å². The van der Waals surface area contributed by atoms with Crippen molar-refractivity contribution in [1.82, 2.24) is 5.32 Å². The molecule has 1 aromatic rings. The van der Waals surface area contributed by atoms with Gasteiger partial charge in [0.15, 0.2) is 0 Å².